The number of carbonyl (C=O) groups excluding carboxylic acids is 1. The van der Waals surface area contributed by atoms with Crippen LogP contribution in [0.2, 0.25) is 0 Å². The molecule has 0 saturated carbocycles. The monoisotopic (exact) mass is 409 g/mol. The van der Waals surface area contributed by atoms with Crippen molar-refractivity contribution in [2.75, 3.05) is 52.5 Å². The Bertz CT molecular complexity index is 791. The van der Waals surface area contributed by atoms with E-state index in [0.717, 1.165) is 50.4 Å². The third-order valence-electron chi connectivity index (χ3n) is 5.55. The topological polar surface area (TPSA) is 79.0 Å². The molecule has 28 heavy (non-hydrogen) atoms. The molecule has 1 N–H and O–H groups in total. The Morgan fingerprint density at radius 2 is 1.96 bits per heavy atom. The van der Waals surface area contributed by atoms with Crippen LogP contribution in [0.15, 0.2) is 23.1 Å². The number of piperidine rings is 1. The van der Waals surface area contributed by atoms with Crippen molar-refractivity contribution in [3.63, 3.8) is 0 Å². The van der Waals surface area contributed by atoms with Crippen LogP contribution in [0.3, 0.4) is 0 Å². The number of benzene rings is 1. The van der Waals surface area contributed by atoms with Crippen LogP contribution in [0.25, 0.3) is 0 Å². The summed E-state index contributed by atoms with van der Waals surface area (Å²) in [5.41, 5.74) is 1.65. The number of rotatable bonds is 6. The number of carbonyl (C=O) groups is 1. The summed E-state index contributed by atoms with van der Waals surface area (Å²) < 4.78 is 33.1. The van der Waals surface area contributed by atoms with E-state index in [9.17, 15) is 13.2 Å². The van der Waals surface area contributed by atoms with Crippen molar-refractivity contribution in [2.24, 2.45) is 5.92 Å². The Labute approximate surface area is 168 Å². The zero-order chi connectivity index (χ0) is 20.1. The number of ether oxygens (including phenoxy) is 1. The zero-order valence-corrected chi connectivity index (χ0v) is 17.6. The Balaban J connectivity index is 1.58. The molecule has 0 radical (unpaired) electrons. The third kappa shape index (κ3) is 5.11. The minimum absolute atomic E-state index is 0.0471. The van der Waals surface area contributed by atoms with Crippen molar-refractivity contribution in [1.82, 2.24) is 14.5 Å². The molecule has 2 fully saturated rings. The number of morpholine rings is 1. The molecule has 0 spiro atoms. The van der Waals surface area contributed by atoms with Crippen LogP contribution in [0.4, 0.5) is 0 Å². The molecule has 2 heterocycles. The van der Waals surface area contributed by atoms with Crippen LogP contribution in [0, 0.1) is 19.8 Å². The van der Waals surface area contributed by atoms with E-state index in [1.807, 2.05) is 26.0 Å². The molecule has 1 aromatic carbocycles. The molecule has 2 aliphatic heterocycles. The first kappa shape index (κ1) is 21.2. The SMILES string of the molecule is Cc1ccc(C)c(S(=O)(=O)N2CCC[C@@H](C(=O)NCCN3CCOCC3)C2)c1. The summed E-state index contributed by atoms with van der Waals surface area (Å²) in [5, 5.41) is 2.99. The second kappa shape index (κ2) is 9.35. The van der Waals surface area contributed by atoms with Crippen molar-refractivity contribution in [1.29, 1.82) is 0 Å². The molecular formula is C20H31N3O4S. The largest absolute Gasteiger partial charge is 0.379 e. The molecule has 0 unspecified atom stereocenters. The summed E-state index contributed by atoms with van der Waals surface area (Å²) in [6.45, 7) is 9.05. The fraction of sp³-hybridized carbons (Fsp3) is 0.650. The van der Waals surface area contributed by atoms with Gasteiger partial charge in [-0.3, -0.25) is 9.69 Å². The third-order valence-corrected chi connectivity index (χ3v) is 7.55. The minimum atomic E-state index is -3.59. The van der Waals surface area contributed by atoms with Gasteiger partial charge in [0.1, 0.15) is 0 Å². The highest BCUT2D eigenvalue weighted by molar-refractivity contribution is 7.89. The molecule has 1 amide bonds. The van der Waals surface area contributed by atoms with Crippen molar-refractivity contribution in [3.05, 3.63) is 29.3 Å². The molecule has 8 heteroatoms. The summed E-state index contributed by atoms with van der Waals surface area (Å²) in [4.78, 5) is 15.2. The van der Waals surface area contributed by atoms with E-state index in [1.165, 1.54) is 4.31 Å². The van der Waals surface area contributed by atoms with Gasteiger partial charge < -0.3 is 10.1 Å². The van der Waals surface area contributed by atoms with Gasteiger partial charge in [-0.05, 0) is 43.9 Å². The second-order valence-electron chi connectivity index (χ2n) is 7.72. The van der Waals surface area contributed by atoms with Gasteiger partial charge in [0, 0.05) is 39.3 Å². The predicted octanol–water partition coefficient (Wildman–Crippen LogP) is 1.15. The quantitative estimate of drug-likeness (QED) is 0.763. The molecule has 156 valence electrons. The lowest BCUT2D eigenvalue weighted by Crippen LogP contribution is -2.47. The first-order valence-corrected chi connectivity index (χ1v) is 11.5. The molecule has 2 saturated heterocycles. The van der Waals surface area contributed by atoms with Gasteiger partial charge in [0.25, 0.3) is 0 Å². The van der Waals surface area contributed by atoms with Gasteiger partial charge in [-0.2, -0.15) is 4.31 Å². The van der Waals surface area contributed by atoms with Crippen LogP contribution in [0.5, 0.6) is 0 Å². The molecule has 1 atom stereocenters. The summed E-state index contributed by atoms with van der Waals surface area (Å²) in [6, 6.07) is 5.47. The van der Waals surface area contributed by atoms with Crippen molar-refractivity contribution in [3.8, 4) is 0 Å². The van der Waals surface area contributed by atoms with Crippen LogP contribution in [0.1, 0.15) is 24.0 Å². The Morgan fingerprint density at radius 3 is 2.71 bits per heavy atom. The number of amides is 1. The van der Waals surface area contributed by atoms with E-state index in [-0.39, 0.29) is 18.4 Å². The number of hydrogen-bond donors (Lipinski definition) is 1. The second-order valence-corrected chi connectivity index (χ2v) is 9.62. The van der Waals surface area contributed by atoms with Crippen LogP contribution < -0.4 is 5.32 Å². The molecule has 1 aromatic rings. The molecule has 7 nitrogen and oxygen atoms in total. The maximum absolute atomic E-state index is 13.1. The van der Waals surface area contributed by atoms with Crippen LogP contribution >= 0.6 is 0 Å². The van der Waals surface area contributed by atoms with E-state index < -0.39 is 10.0 Å². The summed E-state index contributed by atoms with van der Waals surface area (Å²) >= 11 is 0. The van der Waals surface area contributed by atoms with E-state index >= 15 is 0 Å². The number of nitrogens with zero attached hydrogens (tertiary/aromatic N) is 2. The molecule has 2 aliphatic rings. The van der Waals surface area contributed by atoms with E-state index in [4.69, 9.17) is 4.74 Å². The fourth-order valence-corrected chi connectivity index (χ4v) is 5.64. The fourth-order valence-electron chi connectivity index (χ4n) is 3.81. The van der Waals surface area contributed by atoms with Crippen LogP contribution in [-0.4, -0.2) is 76.0 Å². The summed E-state index contributed by atoms with van der Waals surface area (Å²) in [6.07, 6.45) is 1.42. The number of aryl methyl sites for hydroxylation is 2. The first-order chi connectivity index (χ1) is 13.4. The van der Waals surface area contributed by atoms with Gasteiger partial charge in [-0.1, -0.05) is 12.1 Å². The van der Waals surface area contributed by atoms with E-state index in [0.29, 0.717) is 24.4 Å². The lowest BCUT2D eigenvalue weighted by Gasteiger charge is -2.32. The molecular weight excluding hydrogens is 378 g/mol. The van der Waals surface area contributed by atoms with Gasteiger partial charge in [0.2, 0.25) is 15.9 Å². The maximum atomic E-state index is 13.1. The van der Waals surface area contributed by atoms with Crippen molar-refractivity contribution < 1.29 is 17.9 Å². The highest BCUT2D eigenvalue weighted by atomic mass is 32.2. The predicted molar refractivity (Wildman–Crippen MR) is 108 cm³/mol. The lowest BCUT2D eigenvalue weighted by molar-refractivity contribution is -0.126. The van der Waals surface area contributed by atoms with Gasteiger partial charge >= 0.3 is 0 Å². The molecule has 0 bridgehead atoms. The summed E-state index contributed by atoms with van der Waals surface area (Å²) in [7, 11) is -3.59. The first-order valence-electron chi connectivity index (χ1n) is 10.0. The highest BCUT2D eigenvalue weighted by Crippen LogP contribution is 2.26. The molecule has 0 aromatic heterocycles. The number of hydrogen-bond acceptors (Lipinski definition) is 5. The van der Waals surface area contributed by atoms with Crippen molar-refractivity contribution in [2.45, 2.75) is 31.6 Å². The van der Waals surface area contributed by atoms with E-state index in [2.05, 4.69) is 10.2 Å². The average Bonchev–Trinajstić information content (AvgIpc) is 2.70. The molecule has 0 aliphatic carbocycles. The molecule has 3 rings (SSSR count). The van der Waals surface area contributed by atoms with Gasteiger partial charge in [-0.25, -0.2) is 8.42 Å². The highest BCUT2D eigenvalue weighted by Gasteiger charge is 2.34. The Morgan fingerprint density at radius 1 is 1.21 bits per heavy atom. The van der Waals surface area contributed by atoms with E-state index in [1.54, 1.807) is 6.07 Å². The van der Waals surface area contributed by atoms with Gasteiger partial charge in [0.15, 0.2) is 0 Å². The van der Waals surface area contributed by atoms with Gasteiger partial charge in [-0.15, -0.1) is 0 Å². The Kier molecular flexibility index (Phi) is 7.09. The normalized spacial score (nSPS) is 22.1. The van der Waals surface area contributed by atoms with Crippen molar-refractivity contribution >= 4 is 15.9 Å². The average molecular weight is 410 g/mol. The lowest BCUT2D eigenvalue weighted by atomic mass is 9.99. The zero-order valence-electron chi connectivity index (χ0n) is 16.8. The number of nitrogens with one attached hydrogen (secondary N) is 1. The maximum Gasteiger partial charge on any atom is 0.243 e. The standard InChI is InChI=1S/C20H31N3O4S/c1-16-5-6-17(2)19(14-16)28(25,26)23-8-3-4-18(15-23)20(24)21-7-9-22-10-12-27-13-11-22/h5-6,14,18H,3-4,7-13,15H2,1-2H3,(H,21,24)/t18-/m1/s1. The summed E-state index contributed by atoms with van der Waals surface area (Å²) in [5.74, 6) is -0.340. The van der Waals surface area contributed by atoms with Gasteiger partial charge in [0.05, 0.1) is 24.0 Å². The smallest absolute Gasteiger partial charge is 0.243 e. The minimum Gasteiger partial charge on any atom is -0.379 e. The number of sulfonamides is 1. The Hall–Kier alpha value is -1.48. The van der Waals surface area contributed by atoms with Crippen LogP contribution in [-0.2, 0) is 19.6 Å².